The molecule has 0 radical (unpaired) electrons. The molecule has 2 rings (SSSR count). The second-order valence-electron chi connectivity index (χ2n) is 4.58. The molecule has 1 N–H and O–H groups in total. The number of hydrogen-bond acceptors (Lipinski definition) is 4. The first-order valence-corrected chi connectivity index (χ1v) is 6.64. The van der Waals surface area contributed by atoms with Crippen molar-refractivity contribution in [1.82, 2.24) is 9.38 Å². The highest BCUT2D eigenvalue weighted by atomic mass is 32.1. The van der Waals surface area contributed by atoms with E-state index in [1.54, 1.807) is 11.3 Å². The molecular weight excluding hydrogens is 236 g/mol. The summed E-state index contributed by atoms with van der Waals surface area (Å²) in [5, 5.41) is 12.1. The molecule has 2 aromatic rings. The van der Waals surface area contributed by atoms with Gasteiger partial charge < -0.3 is 9.84 Å². The highest BCUT2D eigenvalue weighted by Gasteiger charge is 2.29. The first-order chi connectivity index (χ1) is 8.03. The van der Waals surface area contributed by atoms with E-state index in [2.05, 4.69) is 4.98 Å². The molecule has 0 aliphatic rings. The Bertz CT molecular complexity index is 461. The lowest BCUT2D eigenvalue weighted by Gasteiger charge is -2.29. The zero-order chi connectivity index (χ0) is 12.5. The highest BCUT2D eigenvalue weighted by molar-refractivity contribution is 7.15. The van der Waals surface area contributed by atoms with Crippen molar-refractivity contribution in [3.8, 4) is 0 Å². The number of aliphatic hydroxyl groups excluding tert-OH is 1. The zero-order valence-electron chi connectivity index (χ0n) is 10.4. The van der Waals surface area contributed by atoms with Crippen molar-refractivity contribution >= 4 is 16.3 Å². The number of hydrogen-bond donors (Lipinski definition) is 1. The molecule has 0 saturated carbocycles. The van der Waals surface area contributed by atoms with Crippen molar-refractivity contribution in [2.75, 3.05) is 6.61 Å². The minimum absolute atomic E-state index is 0.515. The molecule has 1 atom stereocenters. The van der Waals surface area contributed by atoms with Gasteiger partial charge >= 0.3 is 0 Å². The van der Waals surface area contributed by atoms with Crippen LogP contribution in [0.1, 0.15) is 26.5 Å². The molecule has 0 amide bonds. The van der Waals surface area contributed by atoms with E-state index >= 15 is 0 Å². The van der Waals surface area contributed by atoms with E-state index in [1.807, 2.05) is 42.9 Å². The fraction of sp³-hybridized carbons (Fsp3) is 0.583. The third-order valence-electron chi connectivity index (χ3n) is 2.86. The van der Waals surface area contributed by atoms with Crippen molar-refractivity contribution in [2.24, 2.45) is 0 Å². The Balaban J connectivity index is 2.08. The maximum Gasteiger partial charge on any atom is 0.193 e. The Hall–Kier alpha value is -0.910. The van der Waals surface area contributed by atoms with Gasteiger partial charge in [-0.25, -0.2) is 4.98 Å². The minimum Gasteiger partial charge on any atom is -0.390 e. The molecule has 2 aromatic heterocycles. The molecule has 0 aromatic carbocycles. The minimum atomic E-state index is -0.549. The molecule has 94 valence electrons. The molecule has 0 fully saturated rings. The average molecular weight is 254 g/mol. The first kappa shape index (κ1) is 12.5. The third-order valence-corrected chi connectivity index (χ3v) is 3.64. The quantitative estimate of drug-likeness (QED) is 0.889. The summed E-state index contributed by atoms with van der Waals surface area (Å²) in [6, 6.07) is 0. The monoisotopic (exact) mass is 254 g/mol. The van der Waals surface area contributed by atoms with Crippen molar-refractivity contribution in [1.29, 1.82) is 0 Å². The third kappa shape index (κ3) is 2.68. The summed E-state index contributed by atoms with van der Waals surface area (Å²) in [4.78, 5) is 5.41. The first-order valence-electron chi connectivity index (χ1n) is 5.76. The second-order valence-corrected chi connectivity index (χ2v) is 5.45. The molecule has 0 aliphatic carbocycles. The summed E-state index contributed by atoms with van der Waals surface area (Å²) in [5.74, 6) is 0. The van der Waals surface area contributed by atoms with Gasteiger partial charge in [-0.2, -0.15) is 0 Å². The molecule has 5 heteroatoms. The van der Waals surface area contributed by atoms with Crippen LogP contribution in [-0.4, -0.2) is 32.8 Å². The lowest BCUT2D eigenvalue weighted by atomic mass is 9.97. The summed E-state index contributed by atoms with van der Waals surface area (Å²) < 4.78 is 7.51. The number of aromatic nitrogens is 2. The number of nitrogens with zero attached hydrogens (tertiary/aromatic N) is 2. The average Bonchev–Trinajstić information content (AvgIpc) is 2.77. The van der Waals surface area contributed by atoms with Crippen molar-refractivity contribution in [3.05, 3.63) is 23.5 Å². The summed E-state index contributed by atoms with van der Waals surface area (Å²) in [6.45, 7) is 6.34. The summed E-state index contributed by atoms with van der Waals surface area (Å²) in [7, 11) is 0. The van der Waals surface area contributed by atoms with Gasteiger partial charge in [-0.3, -0.25) is 4.40 Å². The van der Waals surface area contributed by atoms with Crippen LogP contribution in [0.5, 0.6) is 0 Å². The predicted octanol–water partition coefficient (Wildman–Crippen LogP) is 2.11. The number of thiazole rings is 1. The van der Waals surface area contributed by atoms with Crippen LogP contribution in [-0.2, 0) is 11.2 Å². The van der Waals surface area contributed by atoms with Crippen molar-refractivity contribution in [2.45, 2.75) is 38.9 Å². The molecule has 0 aliphatic heterocycles. The van der Waals surface area contributed by atoms with Gasteiger partial charge in [0.25, 0.3) is 0 Å². The summed E-state index contributed by atoms with van der Waals surface area (Å²) in [6.07, 6.45) is 3.89. The number of rotatable bonds is 5. The maximum absolute atomic E-state index is 10.2. The van der Waals surface area contributed by atoms with E-state index in [9.17, 15) is 5.11 Å². The lowest BCUT2D eigenvalue weighted by molar-refractivity contribution is -0.0957. The molecule has 4 nitrogen and oxygen atoms in total. The van der Waals surface area contributed by atoms with E-state index in [-0.39, 0.29) is 0 Å². The van der Waals surface area contributed by atoms with Gasteiger partial charge in [-0.15, -0.1) is 11.3 Å². The summed E-state index contributed by atoms with van der Waals surface area (Å²) in [5.41, 5.74) is 0.364. The van der Waals surface area contributed by atoms with Crippen LogP contribution >= 0.6 is 11.3 Å². The lowest BCUT2D eigenvalue weighted by Crippen LogP contribution is -2.40. The Morgan fingerprint density at radius 2 is 2.35 bits per heavy atom. The molecule has 2 heterocycles. The van der Waals surface area contributed by atoms with Crippen LogP contribution in [0, 0.1) is 0 Å². The molecule has 0 spiro atoms. The molecule has 17 heavy (non-hydrogen) atoms. The van der Waals surface area contributed by atoms with Crippen molar-refractivity contribution in [3.63, 3.8) is 0 Å². The number of aliphatic hydroxyl groups is 1. The maximum atomic E-state index is 10.2. The molecule has 1 unspecified atom stereocenters. The Kier molecular flexibility index (Phi) is 3.51. The standard InChI is InChI=1S/C12H18N2O2S/c1-4-16-12(2,3)10(15)7-9-8-14-5-6-17-11(14)13-9/h5-6,8,10,15H,4,7H2,1-3H3. The van der Waals surface area contributed by atoms with Crippen molar-refractivity contribution < 1.29 is 9.84 Å². The van der Waals surface area contributed by atoms with E-state index in [1.165, 1.54) is 0 Å². The molecule has 0 bridgehead atoms. The number of imidazole rings is 1. The molecule has 0 saturated heterocycles. The van der Waals surface area contributed by atoms with Crippen LogP contribution in [0.4, 0.5) is 0 Å². The van der Waals surface area contributed by atoms with Crippen LogP contribution < -0.4 is 0 Å². The van der Waals surface area contributed by atoms with Gasteiger partial charge in [0.15, 0.2) is 4.96 Å². The zero-order valence-corrected chi connectivity index (χ0v) is 11.2. The largest absolute Gasteiger partial charge is 0.390 e. The Labute approximate surface area is 105 Å². The van der Waals surface area contributed by atoms with Crippen LogP contribution in [0.3, 0.4) is 0 Å². The van der Waals surface area contributed by atoms with Gasteiger partial charge in [0.1, 0.15) is 0 Å². The van der Waals surface area contributed by atoms with Gasteiger partial charge in [-0.05, 0) is 20.8 Å². The van der Waals surface area contributed by atoms with Gasteiger partial charge in [0.2, 0.25) is 0 Å². The smallest absolute Gasteiger partial charge is 0.193 e. The number of ether oxygens (including phenoxy) is 1. The van der Waals surface area contributed by atoms with Crippen LogP contribution in [0.25, 0.3) is 4.96 Å². The topological polar surface area (TPSA) is 46.8 Å². The Morgan fingerprint density at radius 3 is 3.00 bits per heavy atom. The van der Waals surface area contributed by atoms with E-state index < -0.39 is 11.7 Å². The molecular formula is C12H18N2O2S. The SMILES string of the molecule is CCOC(C)(C)C(O)Cc1cn2ccsc2n1. The van der Waals surface area contributed by atoms with E-state index in [0.717, 1.165) is 10.7 Å². The van der Waals surface area contributed by atoms with Gasteiger partial charge in [0.05, 0.1) is 17.4 Å². The predicted molar refractivity (Wildman–Crippen MR) is 68.5 cm³/mol. The summed E-state index contributed by atoms with van der Waals surface area (Å²) >= 11 is 1.59. The van der Waals surface area contributed by atoms with Gasteiger partial charge in [-0.1, -0.05) is 0 Å². The fourth-order valence-electron chi connectivity index (χ4n) is 1.79. The highest BCUT2D eigenvalue weighted by Crippen LogP contribution is 2.19. The van der Waals surface area contributed by atoms with Crippen LogP contribution in [0.2, 0.25) is 0 Å². The number of fused-ring (bicyclic) bond motifs is 1. The normalized spacial score (nSPS) is 14.4. The van der Waals surface area contributed by atoms with E-state index in [0.29, 0.717) is 13.0 Å². The van der Waals surface area contributed by atoms with Crippen LogP contribution in [0.15, 0.2) is 17.8 Å². The van der Waals surface area contributed by atoms with Gasteiger partial charge in [0, 0.05) is 30.8 Å². The second kappa shape index (κ2) is 4.76. The Morgan fingerprint density at radius 1 is 1.59 bits per heavy atom. The van der Waals surface area contributed by atoms with E-state index in [4.69, 9.17) is 4.74 Å². The fourth-order valence-corrected chi connectivity index (χ4v) is 2.51.